The van der Waals surface area contributed by atoms with Gasteiger partial charge in [0.25, 0.3) is 0 Å². The van der Waals surface area contributed by atoms with Gasteiger partial charge in [-0.25, -0.2) is 4.39 Å². The molecule has 1 aromatic rings. The monoisotopic (exact) mass is 330 g/mol. The largest absolute Gasteiger partial charge is 0.350 e. The molecule has 3 atom stereocenters. The Morgan fingerprint density at radius 3 is 2.25 bits per heavy atom. The number of hydrogen-bond donors (Lipinski definition) is 1. The fourth-order valence-electron chi connectivity index (χ4n) is 3.26. The van der Waals surface area contributed by atoms with Crippen molar-refractivity contribution in [2.45, 2.75) is 32.4 Å². The Labute approximate surface area is 139 Å². The summed E-state index contributed by atoms with van der Waals surface area (Å²) in [4.78, 5) is 38.3. The van der Waals surface area contributed by atoms with Crippen LogP contribution in [0.15, 0.2) is 36.4 Å². The normalized spacial score (nSPS) is 24.0. The zero-order chi connectivity index (χ0) is 17.3. The minimum absolute atomic E-state index is 0.216. The van der Waals surface area contributed by atoms with Gasteiger partial charge in [-0.05, 0) is 37.5 Å². The van der Waals surface area contributed by atoms with Gasteiger partial charge in [0.1, 0.15) is 11.9 Å². The van der Waals surface area contributed by atoms with Crippen molar-refractivity contribution in [3.05, 3.63) is 47.8 Å². The van der Waals surface area contributed by atoms with Gasteiger partial charge >= 0.3 is 0 Å². The van der Waals surface area contributed by atoms with Gasteiger partial charge < -0.3 is 5.32 Å². The van der Waals surface area contributed by atoms with Gasteiger partial charge in [-0.1, -0.05) is 24.3 Å². The lowest BCUT2D eigenvalue weighted by molar-refractivity contribution is -0.147. The number of nitrogens with one attached hydrogen (secondary N) is 1. The lowest BCUT2D eigenvalue weighted by atomic mass is 9.85. The van der Waals surface area contributed by atoms with Crippen LogP contribution in [0.3, 0.4) is 0 Å². The lowest BCUT2D eigenvalue weighted by Gasteiger charge is -2.22. The summed E-state index contributed by atoms with van der Waals surface area (Å²) < 4.78 is 12.9. The van der Waals surface area contributed by atoms with E-state index in [0.29, 0.717) is 12.8 Å². The van der Waals surface area contributed by atoms with Crippen LogP contribution in [0, 0.1) is 17.7 Å². The maximum Gasteiger partial charge on any atom is 0.243 e. The first-order chi connectivity index (χ1) is 11.5. The third-order valence-electron chi connectivity index (χ3n) is 4.69. The molecule has 0 radical (unpaired) electrons. The SMILES string of the molecule is C[C@@H](C(=O)NCc1ccc(F)cc1)N1C(=O)C2CC=CCC2C1=O. The number of nitrogens with zero attached hydrogens (tertiary/aromatic N) is 1. The summed E-state index contributed by atoms with van der Waals surface area (Å²) in [6, 6.07) is 4.93. The Kier molecular flexibility index (Phi) is 4.46. The number of rotatable bonds is 4. The number of halogens is 1. The number of carbonyl (C=O) groups excluding carboxylic acids is 3. The molecule has 3 amide bonds. The molecule has 2 aliphatic rings. The summed E-state index contributed by atoms with van der Waals surface area (Å²) in [6.45, 7) is 1.77. The second-order valence-corrected chi connectivity index (χ2v) is 6.22. The van der Waals surface area contributed by atoms with Gasteiger partial charge in [0, 0.05) is 6.54 Å². The maximum absolute atomic E-state index is 12.9. The van der Waals surface area contributed by atoms with Crippen LogP contribution < -0.4 is 5.32 Å². The van der Waals surface area contributed by atoms with Gasteiger partial charge in [-0.3, -0.25) is 19.3 Å². The van der Waals surface area contributed by atoms with Crippen molar-refractivity contribution in [2.75, 3.05) is 0 Å². The molecule has 1 fully saturated rings. The van der Waals surface area contributed by atoms with Crippen molar-refractivity contribution in [1.82, 2.24) is 10.2 Å². The molecule has 1 aliphatic carbocycles. The molecule has 0 spiro atoms. The number of likely N-dealkylation sites (tertiary alicyclic amines) is 1. The van der Waals surface area contributed by atoms with E-state index in [9.17, 15) is 18.8 Å². The standard InChI is InChI=1S/C18H19FN2O3/c1-11(16(22)20-10-12-6-8-13(19)9-7-12)21-17(23)14-4-2-3-5-15(14)18(21)24/h2-3,6-9,11,14-15H,4-5,10H2,1H3,(H,20,22)/t11-,14?,15?/m0/s1. The van der Waals surface area contributed by atoms with Crippen LogP contribution in [0.2, 0.25) is 0 Å². The highest BCUT2D eigenvalue weighted by Gasteiger charge is 2.49. The smallest absolute Gasteiger partial charge is 0.243 e. The molecule has 1 aromatic carbocycles. The van der Waals surface area contributed by atoms with E-state index in [1.54, 1.807) is 19.1 Å². The van der Waals surface area contributed by atoms with Gasteiger partial charge in [0.2, 0.25) is 17.7 Å². The minimum atomic E-state index is -0.851. The van der Waals surface area contributed by atoms with Crippen LogP contribution in [0.5, 0.6) is 0 Å². The summed E-state index contributed by atoms with van der Waals surface area (Å²) in [7, 11) is 0. The van der Waals surface area contributed by atoms with E-state index in [-0.39, 0.29) is 36.0 Å². The molecular formula is C18H19FN2O3. The highest BCUT2D eigenvalue weighted by atomic mass is 19.1. The molecule has 1 aliphatic heterocycles. The minimum Gasteiger partial charge on any atom is -0.350 e. The number of fused-ring (bicyclic) bond motifs is 1. The topological polar surface area (TPSA) is 66.5 Å². The van der Waals surface area contributed by atoms with E-state index < -0.39 is 11.9 Å². The third kappa shape index (κ3) is 2.96. The molecule has 5 nitrogen and oxygen atoms in total. The fourth-order valence-corrected chi connectivity index (χ4v) is 3.26. The zero-order valence-corrected chi connectivity index (χ0v) is 13.4. The van der Waals surface area contributed by atoms with Crippen molar-refractivity contribution in [3.63, 3.8) is 0 Å². The molecule has 2 unspecified atom stereocenters. The van der Waals surface area contributed by atoms with Gasteiger partial charge in [0.05, 0.1) is 11.8 Å². The molecule has 6 heteroatoms. The average molecular weight is 330 g/mol. The second kappa shape index (κ2) is 6.55. The van der Waals surface area contributed by atoms with Crippen molar-refractivity contribution in [3.8, 4) is 0 Å². The zero-order valence-electron chi connectivity index (χ0n) is 13.4. The highest BCUT2D eigenvalue weighted by molar-refractivity contribution is 6.08. The summed E-state index contributed by atoms with van der Waals surface area (Å²) in [5, 5.41) is 2.69. The molecule has 24 heavy (non-hydrogen) atoms. The van der Waals surface area contributed by atoms with Gasteiger partial charge in [0.15, 0.2) is 0 Å². The summed E-state index contributed by atoms with van der Waals surface area (Å²) in [6.07, 6.45) is 4.93. The average Bonchev–Trinajstić information content (AvgIpc) is 2.85. The van der Waals surface area contributed by atoms with Crippen molar-refractivity contribution < 1.29 is 18.8 Å². The Balaban J connectivity index is 1.64. The van der Waals surface area contributed by atoms with Crippen LogP contribution in [-0.4, -0.2) is 28.7 Å². The molecule has 1 heterocycles. The van der Waals surface area contributed by atoms with Crippen LogP contribution in [0.1, 0.15) is 25.3 Å². The number of hydrogen-bond acceptors (Lipinski definition) is 3. The number of carbonyl (C=O) groups is 3. The van der Waals surface area contributed by atoms with Crippen LogP contribution in [-0.2, 0) is 20.9 Å². The molecule has 0 saturated carbocycles. The van der Waals surface area contributed by atoms with Gasteiger partial charge in [-0.2, -0.15) is 0 Å². The fraction of sp³-hybridized carbons (Fsp3) is 0.389. The highest BCUT2D eigenvalue weighted by Crippen LogP contribution is 2.36. The molecule has 126 valence electrons. The third-order valence-corrected chi connectivity index (χ3v) is 4.69. The van der Waals surface area contributed by atoms with E-state index in [4.69, 9.17) is 0 Å². The summed E-state index contributed by atoms with van der Waals surface area (Å²) in [5.41, 5.74) is 0.744. The Morgan fingerprint density at radius 2 is 1.71 bits per heavy atom. The predicted octanol–water partition coefficient (Wildman–Crippen LogP) is 1.78. The summed E-state index contributed by atoms with van der Waals surface area (Å²) >= 11 is 0. The molecule has 1 saturated heterocycles. The number of benzene rings is 1. The van der Waals surface area contributed by atoms with Crippen molar-refractivity contribution >= 4 is 17.7 Å². The van der Waals surface area contributed by atoms with Crippen molar-refractivity contribution in [2.24, 2.45) is 11.8 Å². The van der Waals surface area contributed by atoms with E-state index in [0.717, 1.165) is 10.5 Å². The molecule has 3 rings (SSSR count). The van der Waals surface area contributed by atoms with Crippen molar-refractivity contribution in [1.29, 1.82) is 0 Å². The Morgan fingerprint density at radius 1 is 1.17 bits per heavy atom. The van der Waals surface area contributed by atoms with E-state index in [2.05, 4.69) is 5.32 Å². The first-order valence-corrected chi connectivity index (χ1v) is 8.03. The number of allylic oxidation sites excluding steroid dienone is 2. The van der Waals surface area contributed by atoms with Crippen LogP contribution in [0.25, 0.3) is 0 Å². The van der Waals surface area contributed by atoms with E-state index >= 15 is 0 Å². The molecule has 0 bridgehead atoms. The first kappa shape index (κ1) is 16.4. The Hall–Kier alpha value is -2.50. The Bertz CT molecular complexity index is 673. The summed E-state index contributed by atoms with van der Waals surface area (Å²) in [5.74, 6) is -1.95. The second-order valence-electron chi connectivity index (χ2n) is 6.22. The molecular weight excluding hydrogens is 311 g/mol. The van der Waals surface area contributed by atoms with E-state index in [1.807, 2.05) is 12.2 Å². The van der Waals surface area contributed by atoms with E-state index in [1.165, 1.54) is 12.1 Å². The van der Waals surface area contributed by atoms with Crippen LogP contribution >= 0.6 is 0 Å². The molecule has 0 aromatic heterocycles. The van der Waals surface area contributed by atoms with Crippen LogP contribution in [0.4, 0.5) is 4.39 Å². The maximum atomic E-state index is 12.9. The quantitative estimate of drug-likeness (QED) is 0.676. The first-order valence-electron chi connectivity index (χ1n) is 8.03. The van der Waals surface area contributed by atoms with Gasteiger partial charge in [-0.15, -0.1) is 0 Å². The molecule has 1 N–H and O–H groups in total. The predicted molar refractivity (Wildman–Crippen MR) is 84.9 cm³/mol. The lowest BCUT2D eigenvalue weighted by Crippen LogP contribution is -2.48. The number of amides is 3. The number of imide groups is 1.